The Bertz CT molecular complexity index is 604. The number of phenolic OH excluding ortho intramolecular Hbond substituents is 1. The number of nitro groups is 1. The van der Waals surface area contributed by atoms with Crippen molar-refractivity contribution in [3.63, 3.8) is 0 Å². The van der Waals surface area contributed by atoms with Gasteiger partial charge in [0.25, 0.3) is 5.69 Å². The van der Waals surface area contributed by atoms with E-state index < -0.39 is 10.7 Å². The van der Waals surface area contributed by atoms with Crippen molar-refractivity contribution in [2.45, 2.75) is 9.79 Å². The smallest absolute Gasteiger partial charge is 0.283 e. The second-order valence-electron chi connectivity index (χ2n) is 3.47. The number of nitrogens with zero attached hydrogens (tertiary/aromatic N) is 1. The third-order valence-electron chi connectivity index (χ3n) is 2.16. The lowest BCUT2D eigenvalue weighted by Crippen LogP contribution is -1.91. The Kier molecular flexibility index (Phi) is 3.47. The van der Waals surface area contributed by atoms with Crippen molar-refractivity contribution >= 4 is 17.4 Å². The highest BCUT2D eigenvalue weighted by atomic mass is 32.2. The fourth-order valence-electron chi connectivity index (χ4n) is 1.39. The molecular weight excluding hydrogens is 257 g/mol. The molecule has 0 atom stereocenters. The molecule has 1 N–H and O–H groups in total. The van der Waals surface area contributed by atoms with Crippen molar-refractivity contribution in [3.05, 3.63) is 58.4 Å². The largest absolute Gasteiger partial charge is 0.508 e. The van der Waals surface area contributed by atoms with Crippen molar-refractivity contribution in [3.8, 4) is 5.75 Å². The van der Waals surface area contributed by atoms with Crippen LogP contribution >= 0.6 is 11.8 Å². The highest BCUT2D eigenvalue weighted by Crippen LogP contribution is 2.36. The molecular formula is C12H8FNO3S. The molecule has 18 heavy (non-hydrogen) atoms. The zero-order chi connectivity index (χ0) is 13.1. The van der Waals surface area contributed by atoms with Crippen LogP contribution in [0.5, 0.6) is 5.75 Å². The number of benzene rings is 2. The number of hydrogen-bond donors (Lipinski definition) is 1. The minimum atomic E-state index is -0.565. The molecule has 0 saturated heterocycles. The highest BCUT2D eigenvalue weighted by molar-refractivity contribution is 7.99. The number of halogens is 1. The number of aromatic hydroxyl groups is 1. The van der Waals surface area contributed by atoms with Gasteiger partial charge in [-0.05, 0) is 30.3 Å². The topological polar surface area (TPSA) is 63.4 Å². The van der Waals surface area contributed by atoms with Gasteiger partial charge in [0.05, 0.1) is 9.82 Å². The summed E-state index contributed by atoms with van der Waals surface area (Å²) in [6.45, 7) is 0. The number of hydrogen-bond acceptors (Lipinski definition) is 4. The first kappa shape index (κ1) is 12.4. The van der Waals surface area contributed by atoms with Gasteiger partial charge >= 0.3 is 0 Å². The Labute approximate surface area is 106 Å². The van der Waals surface area contributed by atoms with Crippen LogP contribution in [0, 0.1) is 15.9 Å². The van der Waals surface area contributed by atoms with Gasteiger partial charge in [-0.2, -0.15) is 0 Å². The minimum Gasteiger partial charge on any atom is -0.508 e. The van der Waals surface area contributed by atoms with E-state index in [0.29, 0.717) is 4.90 Å². The van der Waals surface area contributed by atoms with Crippen molar-refractivity contribution in [1.29, 1.82) is 0 Å². The van der Waals surface area contributed by atoms with Crippen LogP contribution in [0.25, 0.3) is 0 Å². The van der Waals surface area contributed by atoms with Crippen LogP contribution in [0.2, 0.25) is 0 Å². The average molecular weight is 265 g/mol. The second-order valence-corrected chi connectivity index (χ2v) is 4.58. The fraction of sp³-hybridized carbons (Fsp3) is 0. The maximum Gasteiger partial charge on any atom is 0.283 e. The predicted molar refractivity (Wildman–Crippen MR) is 65.3 cm³/mol. The molecule has 2 rings (SSSR count). The van der Waals surface area contributed by atoms with E-state index in [1.165, 1.54) is 12.1 Å². The molecule has 0 fully saturated rings. The van der Waals surface area contributed by atoms with Gasteiger partial charge in [-0.15, -0.1) is 0 Å². The molecule has 0 radical (unpaired) electrons. The van der Waals surface area contributed by atoms with Gasteiger partial charge in [0.15, 0.2) is 0 Å². The van der Waals surface area contributed by atoms with Crippen LogP contribution in [0.3, 0.4) is 0 Å². The molecule has 2 aromatic rings. The van der Waals surface area contributed by atoms with Gasteiger partial charge in [0.2, 0.25) is 0 Å². The van der Waals surface area contributed by atoms with Crippen LogP contribution in [0.4, 0.5) is 10.1 Å². The summed E-state index contributed by atoms with van der Waals surface area (Å²) in [5.41, 5.74) is -0.162. The van der Waals surface area contributed by atoms with Crippen LogP contribution in [-0.4, -0.2) is 10.0 Å². The summed E-state index contributed by atoms with van der Waals surface area (Å²) in [6, 6.07) is 9.52. The van der Waals surface area contributed by atoms with E-state index in [-0.39, 0.29) is 16.3 Å². The highest BCUT2D eigenvalue weighted by Gasteiger charge is 2.15. The Morgan fingerprint density at radius 1 is 1.22 bits per heavy atom. The average Bonchev–Trinajstić information content (AvgIpc) is 2.28. The molecule has 0 aliphatic rings. The van der Waals surface area contributed by atoms with E-state index in [1.807, 2.05) is 0 Å². The fourth-order valence-corrected chi connectivity index (χ4v) is 2.39. The summed E-state index contributed by atoms with van der Waals surface area (Å²) >= 11 is 1.03. The van der Waals surface area contributed by atoms with Crippen molar-refractivity contribution in [2.75, 3.05) is 0 Å². The Morgan fingerprint density at radius 3 is 2.67 bits per heavy atom. The van der Waals surface area contributed by atoms with E-state index >= 15 is 0 Å². The lowest BCUT2D eigenvalue weighted by molar-refractivity contribution is -0.387. The SMILES string of the molecule is O=[N+]([O-])c1ccc(F)cc1Sc1cccc(O)c1. The molecule has 0 spiro atoms. The lowest BCUT2D eigenvalue weighted by Gasteiger charge is -2.03. The molecule has 0 saturated carbocycles. The summed E-state index contributed by atoms with van der Waals surface area (Å²) in [6.07, 6.45) is 0. The van der Waals surface area contributed by atoms with E-state index in [9.17, 15) is 19.6 Å². The van der Waals surface area contributed by atoms with Crippen molar-refractivity contribution < 1.29 is 14.4 Å². The summed E-state index contributed by atoms with van der Waals surface area (Å²) < 4.78 is 13.1. The molecule has 2 aromatic carbocycles. The summed E-state index contributed by atoms with van der Waals surface area (Å²) in [7, 11) is 0. The van der Waals surface area contributed by atoms with Crippen LogP contribution in [0.15, 0.2) is 52.3 Å². The van der Waals surface area contributed by atoms with E-state index in [0.717, 1.165) is 30.0 Å². The number of phenols is 1. The van der Waals surface area contributed by atoms with Crippen LogP contribution < -0.4 is 0 Å². The molecule has 0 heterocycles. The Balaban J connectivity index is 2.39. The van der Waals surface area contributed by atoms with Crippen molar-refractivity contribution in [2.24, 2.45) is 0 Å². The first-order valence-electron chi connectivity index (χ1n) is 4.97. The Morgan fingerprint density at radius 2 is 2.00 bits per heavy atom. The maximum absolute atomic E-state index is 13.1. The lowest BCUT2D eigenvalue weighted by atomic mass is 10.3. The first-order chi connectivity index (χ1) is 8.56. The zero-order valence-corrected chi connectivity index (χ0v) is 9.86. The van der Waals surface area contributed by atoms with Gasteiger partial charge in [0.1, 0.15) is 11.6 Å². The minimum absolute atomic E-state index is 0.0547. The second kappa shape index (κ2) is 5.05. The number of nitro benzene ring substituents is 1. The van der Waals surface area contributed by atoms with E-state index in [4.69, 9.17) is 0 Å². The molecule has 0 aromatic heterocycles. The van der Waals surface area contributed by atoms with Crippen LogP contribution in [0.1, 0.15) is 0 Å². The molecule has 0 bridgehead atoms. The van der Waals surface area contributed by atoms with Crippen LogP contribution in [-0.2, 0) is 0 Å². The van der Waals surface area contributed by atoms with Gasteiger partial charge < -0.3 is 5.11 Å². The van der Waals surface area contributed by atoms with Crippen molar-refractivity contribution in [1.82, 2.24) is 0 Å². The maximum atomic E-state index is 13.1. The first-order valence-corrected chi connectivity index (χ1v) is 5.79. The van der Waals surface area contributed by atoms with Gasteiger partial charge in [-0.25, -0.2) is 4.39 Å². The molecule has 0 aliphatic carbocycles. The molecule has 92 valence electrons. The monoisotopic (exact) mass is 265 g/mol. The normalized spacial score (nSPS) is 10.3. The standard InChI is InChI=1S/C12H8FNO3S/c13-8-4-5-11(14(16)17)12(6-8)18-10-3-1-2-9(15)7-10/h1-7,15H. The summed E-state index contributed by atoms with van der Waals surface area (Å²) in [4.78, 5) is 11.0. The van der Waals surface area contributed by atoms with Gasteiger partial charge in [0, 0.05) is 11.0 Å². The quantitative estimate of drug-likeness (QED) is 0.680. The molecule has 0 amide bonds. The molecule has 6 heteroatoms. The Hall–Kier alpha value is -2.08. The molecule has 0 aliphatic heterocycles. The van der Waals surface area contributed by atoms with Gasteiger partial charge in [-0.1, -0.05) is 17.8 Å². The third-order valence-corrected chi connectivity index (χ3v) is 3.20. The summed E-state index contributed by atoms with van der Waals surface area (Å²) in [5.74, 6) is -0.484. The number of rotatable bonds is 3. The zero-order valence-electron chi connectivity index (χ0n) is 9.04. The van der Waals surface area contributed by atoms with Gasteiger partial charge in [-0.3, -0.25) is 10.1 Å². The molecule has 4 nitrogen and oxygen atoms in total. The predicted octanol–water partition coefficient (Wildman–Crippen LogP) is 3.59. The molecule has 0 unspecified atom stereocenters. The van der Waals surface area contributed by atoms with E-state index in [2.05, 4.69) is 0 Å². The summed E-state index contributed by atoms with van der Waals surface area (Å²) in [5, 5.41) is 20.1. The van der Waals surface area contributed by atoms with E-state index in [1.54, 1.807) is 12.1 Å². The third kappa shape index (κ3) is 2.78.